The Morgan fingerprint density at radius 2 is 2.31 bits per heavy atom. The van der Waals surface area contributed by atoms with Gasteiger partial charge in [-0.1, -0.05) is 6.92 Å². The topological polar surface area (TPSA) is 21.3 Å². The van der Waals surface area contributed by atoms with Crippen molar-refractivity contribution in [3.8, 4) is 0 Å². The van der Waals surface area contributed by atoms with Gasteiger partial charge in [-0.05, 0) is 51.1 Å². The standard InChI is InChI=1S/C11H23NO/c1-2-8-13-9-4-6-11-5-3-7-12-10-11/h11-12H,2-10H2,1H3. The lowest BCUT2D eigenvalue weighted by atomic mass is 9.95. The predicted octanol–water partition coefficient (Wildman–Crippen LogP) is 2.19. The number of ether oxygens (including phenoxy) is 1. The zero-order chi connectivity index (χ0) is 9.36. The fourth-order valence-electron chi connectivity index (χ4n) is 1.89. The summed E-state index contributed by atoms with van der Waals surface area (Å²) >= 11 is 0. The van der Waals surface area contributed by atoms with Crippen molar-refractivity contribution in [2.75, 3.05) is 26.3 Å². The van der Waals surface area contributed by atoms with Gasteiger partial charge < -0.3 is 10.1 Å². The normalized spacial score (nSPS) is 23.3. The Balaban J connectivity index is 1.86. The van der Waals surface area contributed by atoms with E-state index in [1.54, 1.807) is 0 Å². The smallest absolute Gasteiger partial charge is 0.0466 e. The molecule has 1 N–H and O–H groups in total. The molecule has 1 saturated heterocycles. The second-order valence-corrected chi connectivity index (χ2v) is 3.97. The van der Waals surface area contributed by atoms with Gasteiger partial charge in [0.15, 0.2) is 0 Å². The van der Waals surface area contributed by atoms with Crippen molar-refractivity contribution in [1.29, 1.82) is 0 Å². The Labute approximate surface area is 82.0 Å². The maximum absolute atomic E-state index is 5.45. The van der Waals surface area contributed by atoms with Gasteiger partial charge in [-0.15, -0.1) is 0 Å². The van der Waals surface area contributed by atoms with E-state index in [1.807, 2.05) is 0 Å². The summed E-state index contributed by atoms with van der Waals surface area (Å²) in [4.78, 5) is 0. The summed E-state index contributed by atoms with van der Waals surface area (Å²) in [5, 5.41) is 3.45. The maximum Gasteiger partial charge on any atom is 0.0466 e. The molecular weight excluding hydrogens is 162 g/mol. The molecule has 0 aromatic rings. The van der Waals surface area contributed by atoms with Crippen LogP contribution in [0.15, 0.2) is 0 Å². The Kier molecular flexibility index (Phi) is 6.21. The van der Waals surface area contributed by atoms with E-state index in [0.717, 1.165) is 25.6 Å². The molecule has 2 nitrogen and oxygen atoms in total. The van der Waals surface area contributed by atoms with E-state index < -0.39 is 0 Å². The first-order valence-corrected chi connectivity index (χ1v) is 5.72. The van der Waals surface area contributed by atoms with Crippen LogP contribution in [0.4, 0.5) is 0 Å². The minimum absolute atomic E-state index is 0.916. The molecule has 1 unspecified atom stereocenters. The van der Waals surface area contributed by atoms with Crippen molar-refractivity contribution in [1.82, 2.24) is 5.32 Å². The first-order valence-electron chi connectivity index (χ1n) is 5.72. The molecule has 1 aliphatic heterocycles. The summed E-state index contributed by atoms with van der Waals surface area (Å²) < 4.78 is 5.45. The summed E-state index contributed by atoms with van der Waals surface area (Å²) in [5.74, 6) is 0.916. The molecule has 0 radical (unpaired) electrons. The minimum Gasteiger partial charge on any atom is -0.381 e. The van der Waals surface area contributed by atoms with Gasteiger partial charge >= 0.3 is 0 Å². The van der Waals surface area contributed by atoms with Crippen LogP contribution in [-0.2, 0) is 4.74 Å². The van der Waals surface area contributed by atoms with Crippen LogP contribution < -0.4 is 5.32 Å². The highest BCUT2D eigenvalue weighted by atomic mass is 16.5. The summed E-state index contributed by atoms with van der Waals surface area (Å²) in [6.07, 6.45) is 6.51. The number of rotatable bonds is 6. The molecule has 0 aliphatic carbocycles. The summed E-state index contributed by atoms with van der Waals surface area (Å²) in [5.41, 5.74) is 0. The van der Waals surface area contributed by atoms with Gasteiger partial charge in [0.05, 0.1) is 0 Å². The number of nitrogens with one attached hydrogen (secondary N) is 1. The van der Waals surface area contributed by atoms with Crippen LogP contribution in [0.25, 0.3) is 0 Å². The monoisotopic (exact) mass is 185 g/mol. The van der Waals surface area contributed by atoms with Gasteiger partial charge in [-0.25, -0.2) is 0 Å². The highest BCUT2D eigenvalue weighted by molar-refractivity contribution is 4.68. The predicted molar refractivity (Wildman–Crippen MR) is 55.9 cm³/mol. The molecule has 2 heteroatoms. The van der Waals surface area contributed by atoms with Crippen molar-refractivity contribution >= 4 is 0 Å². The lowest BCUT2D eigenvalue weighted by molar-refractivity contribution is 0.126. The Morgan fingerprint density at radius 1 is 1.38 bits per heavy atom. The molecule has 0 aromatic carbocycles. The molecule has 1 fully saturated rings. The van der Waals surface area contributed by atoms with Gasteiger partial charge in [0.1, 0.15) is 0 Å². The van der Waals surface area contributed by atoms with Crippen LogP contribution in [0.3, 0.4) is 0 Å². The van der Waals surface area contributed by atoms with E-state index in [4.69, 9.17) is 4.74 Å². The average molecular weight is 185 g/mol. The van der Waals surface area contributed by atoms with Crippen LogP contribution >= 0.6 is 0 Å². The van der Waals surface area contributed by atoms with Gasteiger partial charge in [0, 0.05) is 13.2 Å². The first-order chi connectivity index (χ1) is 6.43. The highest BCUT2D eigenvalue weighted by Gasteiger charge is 2.11. The highest BCUT2D eigenvalue weighted by Crippen LogP contribution is 2.15. The quantitative estimate of drug-likeness (QED) is 0.640. The second kappa shape index (κ2) is 7.34. The molecule has 0 saturated carbocycles. The molecule has 1 heterocycles. The Bertz CT molecular complexity index is 111. The molecule has 0 aromatic heterocycles. The number of hydrogen-bond acceptors (Lipinski definition) is 2. The van der Waals surface area contributed by atoms with Crippen molar-refractivity contribution in [2.24, 2.45) is 5.92 Å². The van der Waals surface area contributed by atoms with E-state index >= 15 is 0 Å². The largest absolute Gasteiger partial charge is 0.381 e. The molecule has 13 heavy (non-hydrogen) atoms. The van der Waals surface area contributed by atoms with E-state index in [2.05, 4.69) is 12.2 Å². The van der Waals surface area contributed by atoms with Crippen LogP contribution in [0.1, 0.15) is 39.0 Å². The molecule has 78 valence electrons. The zero-order valence-corrected chi connectivity index (χ0v) is 8.85. The van der Waals surface area contributed by atoms with E-state index in [1.165, 1.54) is 38.8 Å². The first kappa shape index (κ1) is 11.0. The lowest BCUT2D eigenvalue weighted by Crippen LogP contribution is -2.29. The number of hydrogen-bond donors (Lipinski definition) is 1. The molecular formula is C11H23NO. The van der Waals surface area contributed by atoms with Gasteiger partial charge in [-0.3, -0.25) is 0 Å². The van der Waals surface area contributed by atoms with Crippen LogP contribution in [0.2, 0.25) is 0 Å². The maximum atomic E-state index is 5.45. The fourth-order valence-corrected chi connectivity index (χ4v) is 1.89. The minimum atomic E-state index is 0.916. The Morgan fingerprint density at radius 3 is 3.00 bits per heavy atom. The Hall–Kier alpha value is -0.0800. The summed E-state index contributed by atoms with van der Waals surface area (Å²) in [6, 6.07) is 0. The van der Waals surface area contributed by atoms with Crippen molar-refractivity contribution in [2.45, 2.75) is 39.0 Å². The van der Waals surface area contributed by atoms with Crippen molar-refractivity contribution in [3.63, 3.8) is 0 Å². The third kappa shape index (κ3) is 5.27. The zero-order valence-electron chi connectivity index (χ0n) is 8.85. The van der Waals surface area contributed by atoms with E-state index in [0.29, 0.717) is 0 Å². The molecule has 0 spiro atoms. The summed E-state index contributed by atoms with van der Waals surface area (Å²) in [6.45, 7) is 6.51. The van der Waals surface area contributed by atoms with Crippen molar-refractivity contribution < 1.29 is 4.74 Å². The third-order valence-corrected chi connectivity index (χ3v) is 2.65. The molecule has 1 rings (SSSR count). The summed E-state index contributed by atoms with van der Waals surface area (Å²) in [7, 11) is 0. The van der Waals surface area contributed by atoms with Gasteiger partial charge in [0.25, 0.3) is 0 Å². The van der Waals surface area contributed by atoms with Gasteiger partial charge in [-0.2, -0.15) is 0 Å². The van der Waals surface area contributed by atoms with Crippen molar-refractivity contribution in [3.05, 3.63) is 0 Å². The van der Waals surface area contributed by atoms with Crippen LogP contribution in [0.5, 0.6) is 0 Å². The second-order valence-electron chi connectivity index (χ2n) is 3.97. The lowest BCUT2D eigenvalue weighted by Gasteiger charge is -2.22. The number of piperidine rings is 1. The third-order valence-electron chi connectivity index (χ3n) is 2.65. The van der Waals surface area contributed by atoms with Gasteiger partial charge in [0.2, 0.25) is 0 Å². The van der Waals surface area contributed by atoms with E-state index in [-0.39, 0.29) is 0 Å². The molecule has 1 aliphatic rings. The SMILES string of the molecule is CCCOCCCC1CCCNC1. The average Bonchev–Trinajstić information content (AvgIpc) is 2.19. The molecule has 1 atom stereocenters. The molecule has 0 amide bonds. The van der Waals surface area contributed by atoms with Crippen LogP contribution in [0, 0.1) is 5.92 Å². The fraction of sp³-hybridized carbons (Fsp3) is 1.00. The van der Waals surface area contributed by atoms with E-state index in [9.17, 15) is 0 Å². The van der Waals surface area contributed by atoms with Crippen LogP contribution in [-0.4, -0.2) is 26.3 Å². The molecule has 0 bridgehead atoms.